The molecule has 3 saturated heterocycles. The number of hydrogen-bond donors (Lipinski definition) is 5. The maximum atomic E-state index is 10.1. The molecule has 4 aromatic rings. The van der Waals surface area contributed by atoms with E-state index in [4.69, 9.17) is 9.78 Å². The van der Waals surface area contributed by atoms with E-state index in [1.807, 2.05) is 40.1 Å². The Bertz CT molecular complexity index is 2220. The molecule has 67 heavy (non-hydrogen) atoms. The van der Waals surface area contributed by atoms with Gasteiger partial charge in [0.25, 0.3) is 6.47 Å². The van der Waals surface area contributed by atoms with Gasteiger partial charge in [-0.25, -0.2) is 14.8 Å². The average Bonchev–Trinajstić information content (AvgIpc) is 4.19. The number of rotatable bonds is 10. The van der Waals surface area contributed by atoms with Crippen LogP contribution in [0.3, 0.4) is 0 Å². The fraction of sp³-hybridized carbons (Fsp3) is 0.538. The van der Waals surface area contributed by atoms with Gasteiger partial charge in [0.15, 0.2) is 0 Å². The number of fused-ring (bicyclic) bond motifs is 5. The summed E-state index contributed by atoms with van der Waals surface area (Å²) >= 11 is 0. The van der Waals surface area contributed by atoms with Crippen molar-refractivity contribution in [1.29, 1.82) is 0 Å². The van der Waals surface area contributed by atoms with Crippen LogP contribution in [0.4, 0.5) is 4.79 Å². The van der Waals surface area contributed by atoms with E-state index in [-0.39, 0.29) is 6.04 Å². The van der Waals surface area contributed by atoms with E-state index in [1.54, 1.807) is 7.05 Å². The number of hydrogen-bond acceptors (Lipinski definition) is 12. The highest BCUT2D eigenvalue weighted by atomic mass is 16.5. The largest absolute Gasteiger partial charge is 0.471 e. The van der Waals surface area contributed by atoms with E-state index in [2.05, 4.69) is 119 Å². The minimum atomic E-state index is -0.407. The van der Waals surface area contributed by atoms with Gasteiger partial charge in [-0.3, -0.25) is 14.6 Å². The Morgan fingerprint density at radius 2 is 1.42 bits per heavy atom. The number of ether oxygens (including phenoxy) is 2. The molecule has 15 nitrogen and oxygen atoms in total. The van der Waals surface area contributed by atoms with Gasteiger partial charge in [0.1, 0.15) is 29.9 Å². The Balaban J connectivity index is 0.000000338. The summed E-state index contributed by atoms with van der Waals surface area (Å²) in [6.07, 6.45) is 13.2. The van der Waals surface area contributed by atoms with Gasteiger partial charge in [0.2, 0.25) is 0 Å². The molecule has 364 valence electrons. The number of nitrogens with one attached hydrogen (secondary N) is 5. The lowest BCUT2D eigenvalue weighted by Crippen LogP contribution is -2.31. The van der Waals surface area contributed by atoms with Gasteiger partial charge < -0.3 is 45.0 Å². The summed E-state index contributed by atoms with van der Waals surface area (Å²) in [4.78, 5) is 59.8. The number of likely N-dealkylation sites (tertiary alicyclic amines) is 2. The molecule has 5 unspecified atom stereocenters. The second kappa shape index (κ2) is 27.2. The van der Waals surface area contributed by atoms with Crippen molar-refractivity contribution in [2.45, 2.75) is 110 Å². The van der Waals surface area contributed by atoms with Crippen molar-refractivity contribution in [3.8, 4) is 34.2 Å². The summed E-state index contributed by atoms with van der Waals surface area (Å²) in [6, 6.07) is 15.1. The van der Waals surface area contributed by atoms with Gasteiger partial charge >= 0.3 is 6.09 Å². The number of H-pyrrole nitrogens is 2. The van der Waals surface area contributed by atoms with Crippen molar-refractivity contribution in [3.05, 3.63) is 82.8 Å². The molecule has 2 aromatic heterocycles. The zero-order chi connectivity index (χ0) is 49.0. The molecule has 5 N–H and O–H groups in total. The third-order valence-electron chi connectivity index (χ3n) is 12.6. The molecule has 0 spiro atoms. The number of nitrogens with zero attached hydrogens (tertiary/aromatic N) is 4. The Morgan fingerprint density at radius 1 is 0.836 bits per heavy atom. The van der Waals surface area contributed by atoms with Crippen molar-refractivity contribution in [2.24, 2.45) is 17.8 Å². The second-order valence-electron chi connectivity index (χ2n) is 18.4. The van der Waals surface area contributed by atoms with E-state index in [1.165, 1.54) is 68.3 Å². The lowest BCUT2D eigenvalue weighted by molar-refractivity contribution is -0.126. The number of aldehydes is 2. The first-order valence-electron chi connectivity index (χ1n) is 23.6. The van der Waals surface area contributed by atoms with Crippen molar-refractivity contribution < 1.29 is 28.7 Å². The summed E-state index contributed by atoms with van der Waals surface area (Å²) in [7, 11) is 10.3. The summed E-state index contributed by atoms with van der Waals surface area (Å²) in [5.74, 6) is 10.7. The highest BCUT2D eigenvalue weighted by Crippen LogP contribution is 2.50. The first kappa shape index (κ1) is 54.0. The van der Waals surface area contributed by atoms with E-state index >= 15 is 0 Å². The van der Waals surface area contributed by atoms with Crippen LogP contribution in [0.5, 0.6) is 0 Å². The number of alkyl carbamates (subject to hydrolysis) is 1. The van der Waals surface area contributed by atoms with Crippen LogP contribution in [0, 0.1) is 29.6 Å². The molecule has 8 rings (SSSR count). The second-order valence-corrected chi connectivity index (χ2v) is 18.4. The number of aromatic nitrogens is 4. The monoisotopic (exact) mass is 922 g/mol. The Morgan fingerprint density at radius 3 is 1.87 bits per heavy atom. The number of benzene rings is 2. The van der Waals surface area contributed by atoms with Crippen LogP contribution >= 0.6 is 0 Å². The lowest BCUT2D eigenvalue weighted by atomic mass is 9.89. The van der Waals surface area contributed by atoms with Crippen molar-refractivity contribution in [2.75, 3.05) is 55.5 Å². The maximum Gasteiger partial charge on any atom is 0.406 e. The first-order chi connectivity index (χ1) is 32.2. The summed E-state index contributed by atoms with van der Waals surface area (Å²) < 4.78 is 8.01. The number of carbonyl (C=O) groups is 4. The summed E-state index contributed by atoms with van der Waals surface area (Å²) in [6.45, 7) is 13.1. The van der Waals surface area contributed by atoms with Crippen LogP contribution in [-0.4, -0.2) is 116 Å². The molecule has 0 radical (unpaired) electrons. The van der Waals surface area contributed by atoms with Gasteiger partial charge in [-0.15, -0.1) is 0 Å². The van der Waals surface area contributed by atoms with Gasteiger partial charge in [-0.05, 0) is 130 Å². The van der Waals surface area contributed by atoms with E-state index < -0.39 is 6.09 Å². The molecular weight excluding hydrogens is 847 g/mol. The third-order valence-corrected chi connectivity index (χ3v) is 12.6. The number of likely N-dealkylation sites (N-methyl/N-ethyl adjacent to an activating group) is 1. The van der Waals surface area contributed by atoms with Gasteiger partial charge in [-0.2, -0.15) is 0 Å². The standard InChI is InChI=1S/C36H41N7.C6H13NO.C5H10O.C3H7NO2.C2H4O2/c1-22-18-28-33-25(12-14-26-20-37-35(39-26)31-6-4-16-42(31)2)13-15-27(34(33)29(19-22)40-28)23-8-10-24(11-9-23)30-21-38-36(41-30)32-7-5-17-43(32)3;1-5(2)6(4-8)7-3;1-5(2)3-4-6;1-4-3(5)6-2;1-4-2-3/h8-11,13,15,20-22,28-29,31-32,40H,4-7,16-19H2,1-3H3,(H,37,39)(H,38,41);4-7H,1-3H3;4-5H,3H2,1-2H3;1-2H3,(H,4,5);2H,1H3/t22?,28?,29?,31?,32-;;;;/m0..../s1. The summed E-state index contributed by atoms with van der Waals surface area (Å²) in [5, 5.41) is 9.08. The Hall–Kier alpha value is -5.66. The van der Waals surface area contributed by atoms with Crippen molar-refractivity contribution in [3.63, 3.8) is 0 Å². The SMILES string of the molecule is CC(C)CC=O.CC1CC2NC(C1)c1c(-c3ccc(-c4cnc([C@@H]5CCCN5C)[nH]4)cc3)ccc(C#Cc3cnc(C4CCCN4C)[nH]3)c12.CNC(=O)OC.CNC(C=O)C(C)C.COC=O. The number of aromatic amines is 2. The van der Waals surface area contributed by atoms with Crippen LogP contribution in [-0.2, 0) is 23.9 Å². The summed E-state index contributed by atoms with van der Waals surface area (Å²) in [5.41, 5.74) is 9.73. The molecule has 4 aliphatic heterocycles. The molecule has 3 fully saturated rings. The minimum Gasteiger partial charge on any atom is -0.471 e. The van der Waals surface area contributed by atoms with Crippen LogP contribution in [0.1, 0.15) is 138 Å². The molecule has 2 bridgehead atoms. The van der Waals surface area contributed by atoms with Crippen LogP contribution in [0.15, 0.2) is 48.8 Å². The van der Waals surface area contributed by atoms with E-state index in [9.17, 15) is 14.4 Å². The van der Waals surface area contributed by atoms with Gasteiger partial charge in [0, 0.05) is 31.1 Å². The number of carbonyl (C=O) groups excluding carboxylic acids is 4. The molecular formula is C52H75N9O6. The quantitative estimate of drug-likeness (QED) is 0.0765. The number of methoxy groups -OCH3 is 2. The number of amides is 1. The lowest BCUT2D eigenvalue weighted by Gasteiger charge is -2.27. The van der Waals surface area contributed by atoms with Gasteiger partial charge in [-0.1, -0.05) is 70.9 Å². The predicted octanol–water partition coefficient (Wildman–Crippen LogP) is 7.94. The topological polar surface area (TPSA) is 187 Å². The van der Waals surface area contributed by atoms with Crippen LogP contribution in [0.2, 0.25) is 0 Å². The van der Waals surface area contributed by atoms with Crippen LogP contribution in [0.25, 0.3) is 22.4 Å². The molecule has 1 amide bonds. The molecule has 6 atom stereocenters. The van der Waals surface area contributed by atoms with Gasteiger partial charge in [0.05, 0.1) is 50.4 Å². The smallest absolute Gasteiger partial charge is 0.406 e. The molecule has 15 heteroatoms. The van der Waals surface area contributed by atoms with E-state index in [0.717, 1.165) is 73.5 Å². The molecule has 0 saturated carbocycles. The first-order valence-corrected chi connectivity index (χ1v) is 23.6. The average molecular weight is 922 g/mol. The minimum absolute atomic E-state index is 0.0231. The normalized spacial score (nSPS) is 20.7. The Labute approximate surface area is 398 Å². The zero-order valence-corrected chi connectivity index (χ0v) is 41.6. The highest BCUT2D eigenvalue weighted by molar-refractivity contribution is 5.75. The van der Waals surface area contributed by atoms with Crippen molar-refractivity contribution >= 4 is 25.1 Å². The highest BCUT2D eigenvalue weighted by Gasteiger charge is 2.39. The number of imidazole rings is 2. The molecule has 6 heterocycles. The maximum absolute atomic E-state index is 10.1. The fourth-order valence-electron chi connectivity index (χ4n) is 8.98. The molecule has 2 aromatic carbocycles. The third kappa shape index (κ3) is 15.2. The fourth-order valence-corrected chi connectivity index (χ4v) is 8.98. The predicted molar refractivity (Wildman–Crippen MR) is 264 cm³/mol. The van der Waals surface area contributed by atoms with Crippen LogP contribution < -0.4 is 16.0 Å². The zero-order valence-electron chi connectivity index (χ0n) is 41.6. The Kier molecular flexibility index (Phi) is 21.9. The molecule has 0 aliphatic carbocycles. The number of piperidine rings is 1. The van der Waals surface area contributed by atoms with E-state index in [0.29, 0.717) is 54.8 Å². The van der Waals surface area contributed by atoms with Crippen molar-refractivity contribution in [1.82, 2.24) is 45.7 Å². The molecule has 4 aliphatic rings.